The predicted octanol–water partition coefficient (Wildman–Crippen LogP) is 1.38. The average Bonchev–Trinajstić information content (AvgIpc) is 3.39. The number of nitrogens with zero attached hydrogens (tertiary/aromatic N) is 3. The van der Waals surface area contributed by atoms with Crippen LogP contribution in [0.4, 0.5) is 4.39 Å². The van der Waals surface area contributed by atoms with Crippen LogP contribution in [0.3, 0.4) is 0 Å². The molecule has 3 heterocycles. The summed E-state index contributed by atoms with van der Waals surface area (Å²) in [5, 5.41) is 0. The van der Waals surface area contributed by atoms with Crippen LogP contribution in [0.25, 0.3) is 0 Å². The van der Waals surface area contributed by atoms with Gasteiger partial charge in [-0.15, -0.1) is 0 Å². The lowest BCUT2D eigenvalue weighted by Crippen LogP contribution is -2.53. The standard InChI is InChI=1S/C20H26FN5O/c21-17-5-3-16(4-6-17)18-15-19(23-22-18)20(27)26-13-11-25(12-14-26)10-9-24-7-1-2-8-24/h1-8,18-19,22-23H,9-15H2. The van der Waals surface area contributed by atoms with Gasteiger partial charge in [-0.3, -0.25) is 9.69 Å². The molecule has 2 atom stereocenters. The average molecular weight is 371 g/mol. The Bertz CT molecular complexity index is 740. The number of amides is 1. The Morgan fingerprint density at radius 1 is 1.00 bits per heavy atom. The van der Waals surface area contributed by atoms with Gasteiger partial charge in [0.1, 0.15) is 11.9 Å². The lowest BCUT2D eigenvalue weighted by atomic mass is 10.0. The third kappa shape index (κ3) is 4.37. The van der Waals surface area contributed by atoms with Gasteiger partial charge >= 0.3 is 0 Å². The number of hydrogen-bond donors (Lipinski definition) is 2. The van der Waals surface area contributed by atoms with Crippen molar-refractivity contribution in [2.45, 2.75) is 25.0 Å². The van der Waals surface area contributed by atoms with Crippen LogP contribution in [-0.4, -0.2) is 59.0 Å². The molecule has 0 saturated carbocycles. The molecule has 4 rings (SSSR count). The third-order valence-electron chi connectivity index (χ3n) is 5.50. The van der Waals surface area contributed by atoms with Gasteiger partial charge in [0.05, 0.1) is 0 Å². The highest BCUT2D eigenvalue weighted by Gasteiger charge is 2.34. The lowest BCUT2D eigenvalue weighted by Gasteiger charge is -2.35. The first-order chi connectivity index (χ1) is 13.2. The predicted molar refractivity (Wildman–Crippen MR) is 101 cm³/mol. The normalized spacial score (nSPS) is 23.7. The molecule has 2 unspecified atom stereocenters. The maximum atomic E-state index is 13.1. The zero-order valence-corrected chi connectivity index (χ0v) is 15.4. The van der Waals surface area contributed by atoms with Crippen LogP contribution >= 0.6 is 0 Å². The Labute approximate surface area is 158 Å². The SMILES string of the molecule is O=C(C1CC(c2ccc(F)cc2)NN1)N1CCN(CCn2cccc2)CC1. The van der Waals surface area contributed by atoms with Crippen molar-refractivity contribution < 1.29 is 9.18 Å². The number of hydrazine groups is 1. The van der Waals surface area contributed by atoms with Gasteiger partial charge in [0, 0.05) is 57.7 Å². The third-order valence-corrected chi connectivity index (χ3v) is 5.50. The minimum Gasteiger partial charge on any atom is -0.353 e. The molecule has 0 aliphatic carbocycles. The second-order valence-electron chi connectivity index (χ2n) is 7.27. The molecular formula is C20H26FN5O. The summed E-state index contributed by atoms with van der Waals surface area (Å²) in [5.74, 6) is -0.0934. The molecule has 7 heteroatoms. The molecule has 2 aromatic rings. The fourth-order valence-electron chi connectivity index (χ4n) is 3.82. The molecule has 0 spiro atoms. The summed E-state index contributed by atoms with van der Waals surface area (Å²) in [7, 11) is 0. The van der Waals surface area contributed by atoms with Crippen molar-refractivity contribution >= 4 is 5.91 Å². The molecule has 1 aromatic carbocycles. The first kappa shape index (κ1) is 18.2. The maximum absolute atomic E-state index is 13.1. The highest BCUT2D eigenvalue weighted by molar-refractivity contribution is 5.82. The molecule has 1 aromatic heterocycles. The van der Waals surface area contributed by atoms with E-state index in [0.29, 0.717) is 6.42 Å². The van der Waals surface area contributed by atoms with Crippen molar-refractivity contribution in [3.05, 3.63) is 60.2 Å². The van der Waals surface area contributed by atoms with Gasteiger partial charge in [-0.2, -0.15) is 0 Å². The van der Waals surface area contributed by atoms with Crippen LogP contribution in [0.2, 0.25) is 0 Å². The number of benzene rings is 1. The molecule has 2 aliphatic rings. The number of carbonyl (C=O) groups excluding carboxylic acids is 1. The van der Waals surface area contributed by atoms with E-state index in [0.717, 1.165) is 44.8 Å². The van der Waals surface area contributed by atoms with Gasteiger partial charge < -0.3 is 9.47 Å². The van der Waals surface area contributed by atoms with Gasteiger partial charge in [-0.05, 0) is 36.2 Å². The van der Waals surface area contributed by atoms with E-state index in [1.165, 1.54) is 12.1 Å². The van der Waals surface area contributed by atoms with E-state index >= 15 is 0 Å². The summed E-state index contributed by atoms with van der Waals surface area (Å²) < 4.78 is 15.3. The first-order valence-electron chi connectivity index (χ1n) is 9.57. The Morgan fingerprint density at radius 3 is 2.41 bits per heavy atom. The molecule has 0 bridgehead atoms. The van der Waals surface area contributed by atoms with Crippen molar-refractivity contribution in [1.29, 1.82) is 0 Å². The number of halogens is 1. The number of piperazine rings is 1. The van der Waals surface area contributed by atoms with Crippen molar-refractivity contribution in [3.63, 3.8) is 0 Å². The second kappa shape index (κ2) is 8.21. The Hall–Kier alpha value is -2.22. The van der Waals surface area contributed by atoms with Crippen LogP contribution in [0.15, 0.2) is 48.8 Å². The van der Waals surface area contributed by atoms with Gasteiger partial charge in [0.15, 0.2) is 0 Å². The Balaban J connectivity index is 1.24. The van der Waals surface area contributed by atoms with Gasteiger partial charge in [-0.1, -0.05) is 12.1 Å². The monoisotopic (exact) mass is 371 g/mol. The summed E-state index contributed by atoms with van der Waals surface area (Å²) in [5.41, 5.74) is 7.29. The Morgan fingerprint density at radius 2 is 1.70 bits per heavy atom. The van der Waals surface area contributed by atoms with Crippen LogP contribution in [0.1, 0.15) is 18.0 Å². The number of aromatic nitrogens is 1. The first-order valence-corrected chi connectivity index (χ1v) is 9.57. The van der Waals surface area contributed by atoms with Crippen LogP contribution in [-0.2, 0) is 11.3 Å². The fourth-order valence-corrected chi connectivity index (χ4v) is 3.82. The lowest BCUT2D eigenvalue weighted by molar-refractivity contribution is -0.135. The van der Waals surface area contributed by atoms with Crippen LogP contribution in [0, 0.1) is 5.82 Å². The van der Waals surface area contributed by atoms with E-state index in [-0.39, 0.29) is 23.8 Å². The van der Waals surface area contributed by atoms with E-state index in [1.54, 1.807) is 12.1 Å². The van der Waals surface area contributed by atoms with E-state index in [4.69, 9.17) is 0 Å². The zero-order valence-electron chi connectivity index (χ0n) is 15.4. The van der Waals surface area contributed by atoms with Gasteiger partial charge in [0.2, 0.25) is 5.91 Å². The van der Waals surface area contributed by atoms with Crippen LogP contribution in [0.5, 0.6) is 0 Å². The van der Waals surface area contributed by atoms with Crippen molar-refractivity contribution in [1.82, 2.24) is 25.2 Å². The fraction of sp³-hybridized carbons (Fsp3) is 0.450. The van der Waals surface area contributed by atoms with Crippen molar-refractivity contribution in [2.75, 3.05) is 32.7 Å². The Kier molecular flexibility index (Phi) is 5.52. The second-order valence-corrected chi connectivity index (χ2v) is 7.27. The molecule has 0 radical (unpaired) electrons. The smallest absolute Gasteiger partial charge is 0.241 e. The van der Waals surface area contributed by atoms with Crippen molar-refractivity contribution in [3.8, 4) is 0 Å². The summed E-state index contributed by atoms with van der Waals surface area (Å²) in [6.45, 7) is 5.35. The molecule has 6 nitrogen and oxygen atoms in total. The van der Waals surface area contributed by atoms with Crippen LogP contribution < -0.4 is 10.9 Å². The van der Waals surface area contributed by atoms with E-state index < -0.39 is 0 Å². The van der Waals surface area contributed by atoms with E-state index in [2.05, 4.69) is 32.7 Å². The number of carbonyl (C=O) groups is 1. The topological polar surface area (TPSA) is 52.5 Å². The molecule has 2 aliphatic heterocycles. The minimum atomic E-state index is -0.244. The largest absolute Gasteiger partial charge is 0.353 e. The molecule has 2 N–H and O–H groups in total. The molecule has 2 saturated heterocycles. The zero-order chi connectivity index (χ0) is 18.6. The molecule has 144 valence electrons. The molecule has 27 heavy (non-hydrogen) atoms. The summed E-state index contributed by atoms with van der Waals surface area (Å²) in [4.78, 5) is 17.2. The molecule has 2 fully saturated rings. The highest BCUT2D eigenvalue weighted by Crippen LogP contribution is 2.23. The quantitative estimate of drug-likeness (QED) is 0.834. The van der Waals surface area contributed by atoms with E-state index in [9.17, 15) is 9.18 Å². The van der Waals surface area contributed by atoms with Gasteiger partial charge in [-0.25, -0.2) is 15.2 Å². The number of nitrogens with one attached hydrogen (secondary N) is 2. The highest BCUT2D eigenvalue weighted by atomic mass is 19.1. The minimum absolute atomic E-state index is 0.0300. The molecule has 1 amide bonds. The maximum Gasteiger partial charge on any atom is 0.241 e. The number of rotatable bonds is 5. The summed E-state index contributed by atoms with van der Waals surface area (Å²) in [6, 6.07) is 10.3. The van der Waals surface area contributed by atoms with E-state index in [1.807, 2.05) is 17.0 Å². The number of hydrogen-bond acceptors (Lipinski definition) is 4. The van der Waals surface area contributed by atoms with Gasteiger partial charge in [0.25, 0.3) is 0 Å². The summed E-state index contributed by atoms with van der Waals surface area (Å²) in [6.07, 6.45) is 4.84. The molecular weight excluding hydrogens is 345 g/mol. The summed E-state index contributed by atoms with van der Waals surface area (Å²) >= 11 is 0. The van der Waals surface area contributed by atoms with Crippen molar-refractivity contribution in [2.24, 2.45) is 0 Å².